The fraction of sp³-hybridized carbons (Fsp3) is 0.455. The number of amides is 1. The van der Waals surface area contributed by atoms with E-state index >= 15 is 0 Å². The molecule has 0 aromatic carbocycles. The van der Waals surface area contributed by atoms with Gasteiger partial charge in [-0.2, -0.15) is 4.98 Å². The van der Waals surface area contributed by atoms with Crippen molar-refractivity contribution in [3.8, 4) is 0 Å². The van der Waals surface area contributed by atoms with Crippen molar-refractivity contribution < 1.29 is 4.79 Å². The smallest absolute Gasteiger partial charge is 0.270 e. The molecule has 0 atom stereocenters. The second-order valence-electron chi connectivity index (χ2n) is 8.46. The topological polar surface area (TPSA) is 91.2 Å². The Kier molecular flexibility index (Phi) is 5.19. The molecule has 1 amide bonds. The van der Waals surface area contributed by atoms with Gasteiger partial charge in [-0.3, -0.25) is 10.1 Å². The van der Waals surface area contributed by atoms with Crippen LogP contribution in [0.3, 0.4) is 0 Å². The summed E-state index contributed by atoms with van der Waals surface area (Å²) in [5.74, 6) is 1.17. The van der Waals surface area contributed by atoms with E-state index < -0.39 is 0 Å². The minimum atomic E-state index is -0.00642. The summed E-state index contributed by atoms with van der Waals surface area (Å²) in [7, 11) is 3.57. The molecule has 0 bridgehead atoms. The highest BCUT2D eigenvalue weighted by Crippen LogP contribution is 2.34. The molecule has 1 aliphatic carbocycles. The van der Waals surface area contributed by atoms with Gasteiger partial charge in [0.25, 0.3) is 5.91 Å². The zero-order valence-electron chi connectivity index (χ0n) is 18.0. The number of fused-ring (bicyclic) bond motifs is 1. The van der Waals surface area contributed by atoms with Crippen molar-refractivity contribution in [1.82, 2.24) is 29.7 Å². The van der Waals surface area contributed by atoms with Crippen LogP contribution in [0, 0.1) is 0 Å². The number of hydrogen-bond acceptors (Lipinski definition) is 7. The Morgan fingerprint density at radius 3 is 2.71 bits per heavy atom. The number of aromatic nitrogens is 4. The Bertz CT molecular complexity index is 1080. The van der Waals surface area contributed by atoms with Gasteiger partial charge in [0.2, 0.25) is 5.95 Å². The van der Waals surface area contributed by atoms with Crippen molar-refractivity contribution in [3.63, 3.8) is 0 Å². The third-order valence-corrected chi connectivity index (χ3v) is 6.11. The highest BCUT2D eigenvalue weighted by Gasteiger charge is 2.26. The Morgan fingerprint density at radius 2 is 2.03 bits per heavy atom. The van der Waals surface area contributed by atoms with E-state index in [1.807, 2.05) is 18.3 Å². The number of hydrogen-bond donors (Lipinski definition) is 2. The summed E-state index contributed by atoms with van der Waals surface area (Å²) in [5, 5.41) is 7.42. The van der Waals surface area contributed by atoms with Crippen LogP contribution in [-0.2, 0) is 0 Å². The lowest BCUT2D eigenvalue weighted by Crippen LogP contribution is -2.25. The van der Waals surface area contributed by atoms with Crippen LogP contribution >= 0.6 is 0 Å². The van der Waals surface area contributed by atoms with Crippen molar-refractivity contribution in [2.24, 2.45) is 0 Å². The number of nitrogens with zero attached hydrogens (tertiary/aromatic N) is 6. The Morgan fingerprint density at radius 1 is 1.19 bits per heavy atom. The summed E-state index contributed by atoms with van der Waals surface area (Å²) in [6, 6.07) is 6.20. The summed E-state index contributed by atoms with van der Waals surface area (Å²) in [4.78, 5) is 30.5. The average Bonchev–Trinajstić information content (AvgIpc) is 3.53. The molecule has 31 heavy (non-hydrogen) atoms. The second kappa shape index (κ2) is 8.14. The minimum Gasteiger partial charge on any atom is -0.356 e. The zero-order chi connectivity index (χ0) is 21.4. The maximum absolute atomic E-state index is 12.8. The second-order valence-corrected chi connectivity index (χ2v) is 8.46. The lowest BCUT2D eigenvalue weighted by atomic mass is 10.2. The van der Waals surface area contributed by atoms with Gasteiger partial charge in [0.15, 0.2) is 0 Å². The number of nitrogens with one attached hydrogen (secondary N) is 2. The standard InChI is InChI=1S/C22H28N8O/c1-28(2)21(31)18-11-15-12-25-22(27-20(15)30(18)16-5-3-4-6-16)26-19-8-7-17(13-24-19)29-10-9-23-14-29/h7-8,11-13,16,23H,3-6,9-10,14H2,1-2H3,(H,24,25,26,27). The summed E-state index contributed by atoms with van der Waals surface area (Å²) in [6.45, 7) is 2.83. The predicted molar refractivity (Wildman–Crippen MR) is 121 cm³/mol. The van der Waals surface area contributed by atoms with Crippen LogP contribution in [0.15, 0.2) is 30.6 Å². The number of anilines is 3. The molecule has 2 N–H and O–H groups in total. The zero-order valence-corrected chi connectivity index (χ0v) is 18.0. The van der Waals surface area contributed by atoms with Crippen LogP contribution in [0.1, 0.15) is 42.2 Å². The molecule has 4 heterocycles. The van der Waals surface area contributed by atoms with E-state index in [0.717, 1.165) is 49.3 Å². The molecule has 9 heteroatoms. The largest absolute Gasteiger partial charge is 0.356 e. The SMILES string of the molecule is CN(C)C(=O)c1cc2cnc(Nc3ccc(N4CCNC4)cn3)nc2n1C1CCCC1. The molecule has 2 fully saturated rings. The quantitative estimate of drug-likeness (QED) is 0.656. The molecule has 0 spiro atoms. The van der Waals surface area contributed by atoms with Crippen LogP contribution < -0.4 is 15.5 Å². The summed E-state index contributed by atoms with van der Waals surface area (Å²) in [5.41, 5.74) is 2.57. The normalized spacial score (nSPS) is 16.9. The summed E-state index contributed by atoms with van der Waals surface area (Å²) < 4.78 is 2.12. The van der Waals surface area contributed by atoms with Gasteiger partial charge in [-0.15, -0.1) is 0 Å². The third kappa shape index (κ3) is 3.81. The van der Waals surface area contributed by atoms with E-state index in [2.05, 4.69) is 36.1 Å². The van der Waals surface area contributed by atoms with Crippen LogP contribution in [0.4, 0.5) is 17.5 Å². The molecule has 162 valence electrons. The average molecular weight is 421 g/mol. The van der Waals surface area contributed by atoms with E-state index in [0.29, 0.717) is 23.5 Å². The molecule has 1 saturated heterocycles. The lowest BCUT2D eigenvalue weighted by Gasteiger charge is -2.19. The predicted octanol–water partition coefficient (Wildman–Crippen LogP) is 2.75. The molecule has 9 nitrogen and oxygen atoms in total. The van der Waals surface area contributed by atoms with E-state index in [4.69, 9.17) is 4.98 Å². The van der Waals surface area contributed by atoms with Crippen molar-refractivity contribution in [2.75, 3.05) is 44.1 Å². The third-order valence-electron chi connectivity index (χ3n) is 6.11. The van der Waals surface area contributed by atoms with Gasteiger partial charge in [0.05, 0.1) is 18.6 Å². The van der Waals surface area contributed by atoms with E-state index in [9.17, 15) is 4.79 Å². The number of carbonyl (C=O) groups excluding carboxylic acids is 1. The molecule has 3 aromatic heterocycles. The van der Waals surface area contributed by atoms with Crippen LogP contribution in [0.5, 0.6) is 0 Å². The Hall–Kier alpha value is -3.20. The van der Waals surface area contributed by atoms with Gasteiger partial charge >= 0.3 is 0 Å². The maximum Gasteiger partial charge on any atom is 0.270 e. The molecule has 2 aliphatic rings. The molecule has 0 radical (unpaired) electrons. The van der Waals surface area contributed by atoms with Crippen LogP contribution in [0.25, 0.3) is 11.0 Å². The minimum absolute atomic E-state index is 0.00642. The first kappa shape index (κ1) is 19.7. The molecular formula is C22H28N8O. The molecular weight excluding hydrogens is 392 g/mol. The van der Waals surface area contributed by atoms with Crippen molar-refractivity contribution in [1.29, 1.82) is 0 Å². The van der Waals surface area contributed by atoms with E-state index in [-0.39, 0.29) is 5.91 Å². The van der Waals surface area contributed by atoms with Gasteiger partial charge < -0.3 is 19.7 Å². The van der Waals surface area contributed by atoms with Gasteiger partial charge in [-0.05, 0) is 31.0 Å². The first-order valence-corrected chi connectivity index (χ1v) is 10.9. The van der Waals surface area contributed by atoms with Crippen molar-refractivity contribution in [2.45, 2.75) is 31.7 Å². The molecule has 0 unspecified atom stereocenters. The Labute approximate surface area is 181 Å². The summed E-state index contributed by atoms with van der Waals surface area (Å²) >= 11 is 0. The fourth-order valence-corrected chi connectivity index (χ4v) is 4.48. The first-order valence-electron chi connectivity index (χ1n) is 10.9. The summed E-state index contributed by atoms with van der Waals surface area (Å²) in [6.07, 6.45) is 8.14. The van der Waals surface area contributed by atoms with Gasteiger partial charge in [0, 0.05) is 44.8 Å². The molecule has 5 rings (SSSR count). The molecule has 1 saturated carbocycles. The lowest BCUT2D eigenvalue weighted by molar-refractivity contribution is 0.0815. The van der Waals surface area contributed by atoms with Crippen LogP contribution in [0.2, 0.25) is 0 Å². The Balaban J connectivity index is 1.46. The van der Waals surface area contributed by atoms with Crippen LogP contribution in [-0.4, -0.2) is 64.2 Å². The number of pyridine rings is 1. The van der Waals surface area contributed by atoms with Gasteiger partial charge in [-0.1, -0.05) is 12.8 Å². The van der Waals surface area contributed by atoms with E-state index in [1.54, 1.807) is 25.2 Å². The highest BCUT2D eigenvalue weighted by atomic mass is 16.2. The van der Waals surface area contributed by atoms with Gasteiger partial charge in [-0.25, -0.2) is 9.97 Å². The molecule has 3 aromatic rings. The fourth-order valence-electron chi connectivity index (χ4n) is 4.48. The highest BCUT2D eigenvalue weighted by molar-refractivity contribution is 5.97. The monoisotopic (exact) mass is 420 g/mol. The van der Waals surface area contributed by atoms with Crippen molar-refractivity contribution in [3.05, 3.63) is 36.3 Å². The first-order chi connectivity index (χ1) is 15.1. The van der Waals surface area contributed by atoms with E-state index in [1.165, 1.54) is 12.8 Å². The maximum atomic E-state index is 12.8. The number of rotatable bonds is 5. The van der Waals surface area contributed by atoms with Gasteiger partial charge in [0.1, 0.15) is 17.2 Å². The number of carbonyl (C=O) groups is 1. The molecule has 1 aliphatic heterocycles. The van der Waals surface area contributed by atoms with Crippen molar-refractivity contribution >= 4 is 34.4 Å².